The molecule has 0 unspecified atom stereocenters. The highest BCUT2D eigenvalue weighted by molar-refractivity contribution is 9.10. The first-order chi connectivity index (χ1) is 8.69. The van der Waals surface area contributed by atoms with Gasteiger partial charge in [-0.1, -0.05) is 22.9 Å². The number of carbonyl (C=O) groups is 1. The van der Waals surface area contributed by atoms with Crippen molar-refractivity contribution in [3.8, 4) is 5.75 Å². The summed E-state index contributed by atoms with van der Waals surface area (Å²) in [4.78, 5) is 11.9. The van der Waals surface area contributed by atoms with Gasteiger partial charge in [0.1, 0.15) is 12.4 Å². The van der Waals surface area contributed by atoms with Crippen molar-refractivity contribution in [1.82, 2.24) is 5.32 Å². The molecule has 1 N–H and O–H groups in total. The van der Waals surface area contributed by atoms with Crippen LogP contribution >= 0.6 is 15.9 Å². The fraction of sp³-hybridized carbons (Fsp3) is 0.462. The molecule has 5 heteroatoms. The van der Waals surface area contributed by atoms with E-state index in [1.807, 2.05) is 13.0 Å². The third-order valence-corrected chi connectivity index (χ3v) is 2.76. The number of amides is 1. The minimum absolute atomic E-state index is 0.114. The summed E-state index contributed by atoms with van der Waals surface area (Å²) in [5, 5.41) is 2.83. The van der Waals surface area contributed by atoms with E-state index in [1.54, 1.807) is 19.2 Å². The Hall–Kier alpha value is -1.07. The van der Waals surface area contributed by atoms with Crippen molar-refractivity contribution in [2.45, 2.75) is 13.3 Å². The minimum Gasteiger partial charge on any atom is -0.490 e. The third-order valence-electron chi connectivity index (χ3n) is 2.27. The van der Waals surface area contributed by atoms with E-state index in [0.717, 1.165) is 10.9 Å². The SMILES string of the molecule is CCCNC(=O)c1ccc(Br)cc1OCCOC. The van der Waals surface area contributed by atoms with Gasteiger partial charge in [0, 0.05) is 18.1 Å². The fourth-order valence-electron chi connectivity index (χ4n) is 1.37. The molecule has 1 aromatic rings. The first kappa shape index (κ1) is 15.0. The normalized spacial score (nSPS) is 10.2. The molecule has 0 saturated carbocycles. The molecule has 100 valence electrons. The van der Waals surface area contributed by atoms with Crippen LogP contribution in [0, 0.1) is 0 Å². The summed E-state index contributed by atoms with van der Waals surface area (Å²) in [5.74, 6) is 0.451. The molecule has 0 radical (unpaired) electrons. The highest BCUT2D eigenvalue weighted by Gasteiger charge is 2.12. The lowest BCUT2D eigenvalue weighted by atomic mass is 10.2. The number of halogens is 1. The first-order valence-corrected chi connectivity index (χ1v) is 6.67. The largest absolute Gasteiger partial charge is 0.490 e. The standard InChI is InChI=1S/C13H18BrNO3/c1-3-6-15-13(16)11-5-4-10(14)9-12(11)18-8-7-17-2/h4-5,9H,3,6-8H2,1-2H3,(H,15,16). The van der Waals surface area contributed by atoms with Crippen LogP contribution in [0.2, 0.25) is 0 Å². The molecule has 0 aliphatic heterocycles. The third kappa shape index (κ3) is 4.66. The van der Waals surface area contributed by atoms with E-state index in [1.165, 1.54) is 0 Å². The molecule has 0 fully saturated rings. The summed E-state index contributed by atoms with van der Waals surface area (Å²) in [7, 11) is 1.61. The predicted molar refractivity (Wildman–Crippen MR) is 74.1 cm³/mol. The van der Waals surface area contributed by atoms with Gasteiger partial charge in [-0.25, -0.2) is 0 Å². The van der Waals surface area contributed by atoms with E-state index in [2.05, 4.69) is 21.2 Å². The second-order valence-electron chi connectivity index (χ2n) is 3.74. The van der Waals surface area contributed by atoms with Crippen molar-refractivity contribution < 1.29 is 14.3 Å². The van der Waals surface area contributed by atoms with Crippen LogP contribution in [-0.2, 0) is 4.74 Å². The summed E-state index contributed by atoms with van der Waals surface area (Å²) in [6.45, 7) is 3.58. The Labute approximate surface area is 116 Å². The van der Waals surface area contributed by atoms with Gasteiger partial charge >= 0.3 is 0 Å². The number of hydrogen-bond acceptors (Lipinski definition) is 3. The van der Waals surface area contributed by atoms with Gasteiger partial charge < -0.3 is 14.8 Å². The number of ether oxygens (including phenoxy) is 2. The number of rotatable bonds is 7. The van der Waals surface area contributed by atoms with Crippen LogP contribution in [0.4, 0.5) is 0 Å². The number of hydrogen-bond donors (Lipinski definition) is 1. The number of methoxy groups -OCH3 is 1. The molecule has 0 bridgehead atoms. The molecular weight excluding hydrogens is 298 g/mol. The molecule has 18 heavy (non-hydrogen) atoms. The molecule has 0 aliphatic carbocycles. The van der Waals surface area contributed by atoms with Crippen molar-refractivity contribution in [3.05, 3.63) is 28.2 Å². The second-order valence-corrected chi connectivity index (χ2v) is 4.65. The van der Waals surface area contributed by atoms with Crippen LogP contribution in [0.5, 0.6) is 5.75 Å². The van der Waals surface area contributed by atoms with Crippen LogP contribution in [0.25, 0.3) is 0 Å². The van der Waals surface area contributed by atoms with E-state index < -0.39 is 0 Å². The van der Waals surface area contributed by atoms with Crippen molar-refractivity contribution in [2.75, 3.05) is 26.9 Å². The molecule has 4 nitrogen and oxygen atoms in total. The highest BCUT2D eigenvalue weighted by atomic mass is 79.9. The maximum atomic E-state index is 11.9. The fourth-order valence-corrected chi connectivity index (χ4v) is 1.71. The molecule has 0 atom stereocenters. The molecular formula is C13H18BrNO3. The van der Waals surface area contributed by atoms with E-state index in [4.69, 9.17) is 9.47 Å². The molecule has 0 spiro atoms. The lowest BCUT2D eigenvalue weighted by molar-refractivity contribution is 0.0946. The van der Waals surface area contributed by atoms with Gasteiger partial charge in [-0.2, -0.15) is 0 Å². The van der Waals surface area contributed by atoms with Crippen LogP contribution < -0.4 is 10.1 Å². The Kier molecular flexibility index (Phi) is 6.75. The van der Waals surface area contributed by atoms with Gasteiger partial charge in [0.15, 0.2) is 0 Å². The van der Waals surface area contributed by atoms with Gasteiger partial charge in [-0.15, -0.1) is 0 Å². The Bertz CT molecular complexity index is 396. The summed E-state index contributed by atoms with van der Waals surface area (Å²) in [5.41, 5.74) is 0.544. The molecule has 0 aromatic heterocycles. The minimum atomic E-state index is -0.114. The van der Waals surface area contributed by atoms with E-state index in [9.17, 15) is 4.79 Å². The van der Waals surface area contributed by atoms with Gasteiger partial charge in [0.25, 0.3) is 5.91 Å². The van der Waals surface area contributed by atoms with Crippen molar-refractivity contribution in [3.63, 3.8) is 0 Å². The topological polar surface area (TPSA) is 47.6 Å². The van der Waals surface area contributed by atoms with Crippen molar-refractivity contribution in [2.24, 2.45) is 0 Å². The Morgan fingerprint density at radius 1 is 1.39 bits per heavy atom. The molecule has 1 amide bonds. The molecule has 1 rings (SSSR count). The quantitative estimate of drug-likeness (QED) is 0.787. The monoisotopic (exact) mass is 315 g/mol. The molecule has 1 aromatic carbocycles. The number of benzene rings is 1. The lowest BCUT2D eigenvalue weighted by Gasteiger charge is -2.11. The zero-order chi connectivity index (χ0) is 13.4. The molecule has 0 heterocycles. The summed E-state index contributed by atoms with van der Waals surface area (Å²) < 4.78 is 11.3. The van der Waals surface area contributed by atoms with Crippen LogP contribution in [0.3, 0.4) is 0 Å². The molecule has 0 saturated heterocycles. The van der Waals surface area contributed by atoms with Crippen molar-refractivity contribution >= 4 is 21.8 Å². The predicted octanol–water partition coefficient (Wildman–Crippen LogP) is 2.61. The first-order valence-electron chi connectivity index (χ1n) is 5.88. The summed E-state index contributed by atoms with van der Waals surface area (Å²) in [6.07, 6.45) is 0.905. The highest BCUT2D eigenvalue weighted by Crippen LogP contribution is 2.23. The average molecular weight is 316 g/mol. The van der Waals surface area contributed by atoms with Gasteiger partial charge in [0.05, 0.1) is 12.2 Å². The zero-order valence-electron chi connectivity index (χ0n) is 10.7. The van der Waals surface area contributed by atoms with Gasteiger partial charge in [-0.3, -0.25) is 4.79 Å². The maximum Gasteiger partial charge on any atom is 0.255 e. The van der Waals surface area contributed by atoms with E-state index >= 15 is 0 Å². The number of nitrogens with one attached hydrogen (secondary N) is 1. The van der Waals surface area contributed by atoms with Crippen molar-refractivity contribution in [1.29, 1.82) is 0 Å². The van der Waals surface area contributed by atoms with Gasteiger partial charge in [-0.05, 0) is 24.6 Å². The summed E-state index contributed by atoms with van der Waals surface area (Å²) >= 11 is 3.36. The summed E-state index contributed by atoms with van der Waals surface area (Å²) in [6, 6.07) is 5.36. The maximum absolute atomic E-state index is 11.9. The van der Waals surface area contributed by atoms with Crippen LogP contribution in [0.1, 0.15) is 23.7 Å². The Morgan fingerprint density at radius 3 is 2.83 bits per heavy atom. The van der Waals surface area contributed by atoms with Gasteiger partial charge in [0.2, 0.25) is 0 Å². The lowest BCUT2D eigenvalue weighted by Crippen LogP contribution is -2.24. The van der Waals surface area contributed by atoms with E-state index in [-0.39, 0.29) is 5.91 Å². The molecule has 0 aliphatic rings. The van der Waals surface area contributed by atoms with Crippen LogP contribution in [0.15, 0.2) is 22.7 Å². The Morgan fingerprint density at radius 2 is 2.17 bits per heavy atom. The Balaban J connectivity index is 2.78. The van der Waals surface area contributed by atoms with Crippen LogP contribution in [-0.4, -0.2) is 32.8 Å². The smallest absolute Gasteiger partial charge is 0.255 e. The average Bonchev–Trinajstić information content (AvgIpc) is 2.36. The second kappa shape index (κ2) is 8.11. The number of carbonyl (C=O) groups excluding carboxylic acids is 1. The zero-order valence-corrected chi connectivity index (χ0v) is 12.2. The van der Waals surface area contributed by atoms with E-state index in [0.29, 0.717) is 31.1 Å².